The zero-order valence-electron chi connectivity index (χ0n) is 11.5. The Hall–Kier alpha value is -1.34. The van der Waals surface area contributed by atoms with Gasteiger partial charge in [-0.15, -0.1) is 0 Å². The number of urea groups is 1. The number of carbonyl (C=O) groups excluding carboxylic acids is 2. The molecule has 1 aliphatic rings. The third-order valence-electron chi connectivity index (χ3n) is 3.20. The van der Waals surface area contributed by atoms with Gasteiger partial charge in [0.2, 0.25) is 5.91 Å². The fourth-order valence-electron chi connectivity index (χ4n) is 2.18. The maximum Gasteiger partial charge on any atom is 0.312 e. The summed E-state index contributed by atoms with van der Waals surface area (Å²) < 4.78 is 4.90. The van der Waals surface area contributed by atoms with Crippen molar-refractivity contribution in [3.05, 3.63) is 0 Å². The second kappa shape index (κ2) is 8.71. The van der Waals surface area contributed by atoms with E-state index in [9.17, 15) is 9.59 Å². The first-order valence-electron chi connectivity index (χ1n) is 6.64. The van der Waals surface area contributed by atoms with Crippen molar-refractivity contribution in [3.8, 4) is 0 Å². The van der Waals surface area contributed by atoms with Crippen LogP contribution in [0.25, 0.3) is 0 Å². The van der Waals surface area contributed by atoms with Crippen LogP contribution in [0.2, 0.25) is 0 Å². The van der Waals surface area contributed by atoms with E-state index in [0.717, 1.165) is 19.4 Å². The van der Waals surface area contributed by atoms with Crippen LogP contribution in [0.3, 0.4) is 0 Å². The number of hydrogen-bond acceptors (Lipinski definition) is 4. The zero-order valence-corrected chi connectivity index (χ0v) is 11.5. The summed E-state index contributed by atoms with van der Waals surface area (Å²) in [6, 6.07) is -0.510. The Labute approximate surface area is 113 Å². The molecule has 3 amide bonds. The summed E-state index contributed by atoms with van der Waals surface area (Å²) in [6.45, 7) is 3.61. The van der Waals surface area contributed by atoms with Gasteiger partial charge in [0, 0.05) is 33.3 Å². The number of piperidine rings is 1. The van der Waals surface area contributed by atoms with E-state index in [2.05, 4.69) is 10.6 Å². The number of ether oxygens (including phenoxy) is 1. The summed E-state index contributed by atoms with van der Waals surface area (Å²) in [5.74, 6) is 0.393. The number of nitrogens with two attached hydrogens (primary N) is 1. The molecule has 0 spiro atoms. The number of nitrogens with one attached hydrogen (secondary N) is 2. The molecule has 1 fully saturated rings. The molecule has 0 aromatic carbocycles. The normalized spacial score (nSPS) is 19.2. The number of rotatable bonds is 7. The highest BCUT2D eigenvalue weighted by Gasteiger charge is 2.23. The van der Waals surface area contributed by atoms with Crippen molar-refractivity contribution < 1.29 is 14.3 Å². The first-order chi connectivity index (χ1) is 9.13. The maximum absolute atomic E-state index is 12.0. The Kier molecular flexibility index (Phi) is 7.20. The molecule has 1 atom stereocenters. The molecule has 4 N–H and O–H groups in total. The van der Waals surface area contributed by atoms with Gasteiger partial charge < -0.3 is 26.0 Å². The lowest BCUT2D eigenvalue weighted by Crippen LogP contribution is -2.47. The van der Waals surface area contributed by atoms with Gasteiger partial charge in [-0.2, -0.15) is 0 Å². The largest absolute Gasteiger partial charge is 0.383 e. The minimum absolute atomic E-state index is 0.0971. The van der Waals surface area contributed by atoms with Crippen molar-refractivity contribution >= 4 is 11.9 Å². The van der Waals surface area contributed by atoms with E-state index < -0.39 is 6.03 Å². The first kappa shape index (κ1) is 15.7. The van der Waals surface area contributed by atoms with Crippen LogP contribution in [0.4, 0.5) is 4.79 Å². The smallest absolute Gasteiger partial charge is 0.312 e. The molecule has 1 saturated heterocycles. The predicted molar refractivity (Wildman–Crippen MR) is 71.6 cm³/mol. The second-order valence-corrected chi connectivity index (χ2v) is 4.76. The van der Waals surface area contributed by atoms with Crippen LogP contribution in [-0.4, -0.2) is 63.3 Å². The van der Waals surface area contributed by atoms with E-state index in [1.807, 2.05) is 4.90 Å². The van der Waals surface area contributed by atoms with Crippen LogP contribution < -0.4 is 16.4 Å². The Morgan fingerprint density at radius 2 is 2.26 bits per heavy atom. The fourth-order valence-corrected chi connectivity index (χ4v) is 2.18. The third kappa shape index (κ3) is 6.40. The molecule has 1 aliphatic heterocycles. The quantitative estimate of drug-likeness (QED) is 0.525. The van der Waals surface area contributed by atoms with E-state index in [0.29, 0.717) is 38.7 Å². The summed E-state index contributed by atoms with van der Waals surface area (Å²) >= 11 is 0. The lowest BCUT2D eigenvalue weighted by Gasteiger charge is -2.32. The molecule has 19 heavy (non-hydrogen) atoms. The minimum Gasteiger partial charge on any atom is -0.383 e. The minimum atomic E-state index is -0.510. The average Bonchev–Trinajstić information content (AvgIpc) is 2.41. The van der Waals surface area contributed by atoms with Gasteiger partial charge in [-0.1, -0.05) is 0 Å². The standard InChI is InChI=1S/C12H24N4O3/c1-19-6-4-14-8-11(17)16-5-2-3-10(9-16)7-15-12(13)18/h10,14H,2-9H2,1H3,(H3,13,15,18). The van der Waals surface area contributed by atoms with Gasteiger partial charge in [-0.05, 0) is 18.8 Å². The van der Waals surface area contributed by atoms with Crippen molar-refractivity contribution in [2.45, 2.75) is 12.8 Å². The van der Waals surface area contributed by atoms with E-state index in [1.165, 1.54) is 0 Å². The van der Waals surface area contributed by atoms with E-state index in [4.69, 9.17) is 10.5 Å². The molecule has 1 rings (SSSR count). The summed E-state index contributed by atoms with van der Waals surface area (Å²) in [5, 5.41) is 5.65. The van der Waals surface area contributed by atoms with Crippen molar-refractivity contribution in [3.63, 3.8) is 0 Å². The molecule has 0 aromatic rings. The molecular formula is C12H24N4O3. The lowest BCUT2D eigenvalue weighted by molar-refractivity contribution is -0.132. The van der Waals surface area contributed by atoms with Crippen molar-refractivity contribution in [2.24, 2.45) is 11.7 Å². The van der Waals surface area contributed by atoms with E-state index in [-0.39, 0.29) is 5.91 Å². The number of amides is 3. The zero-order chi connectivity index (χ0) is 14.1. The maximum atomic E-state index is 12.0. The summed E-state index contributed by atoms with van der Waals surface area (Å²) in [6.07, 6.45) is 1.98. The second-order valence-electron chi connectivity index (χ2n) is 4.76. The molecule has 0 radical (unpaired) electrons. The van der Waals surface area contributed by atoms with Crippen molar-refractivity contribution in [2.75, 3.05) is 46.4 Å². The van der Waals surface area contributed by atoms with Crippen LogP contribution in [0, 0.1) is 5.92 Å². The molecule has 110 valence electrons. The number of hydrogen-bond donors (Lipinski definition) is 3. The molecule has 7 heteroatoms. The topological polar surface area (TPSA) is 96.7 Å². The number of nitrogens with zero attached hydrogens (tertiary/aromatic N) is 1. The van der Waals surface area contributed by atoms with Crippen molar-refractivity contribution in [1.82, 2.24) is 15.5 Å². The molecule has 0 aromatic heterocycles. The highest BCUT2D eigenvalue weighted by Crippen LogP contribution is 2.15. The van der Waals surface area contributed by atoms with Crippen LogP contribution in [0.5, 0.6) is 0 Å². The highest BCUT2D eigenvalue weighted by atomic mass is 16.5. The predicted octanol–water partition coefficient (Wildman–Crippen LogP) is -0.871. The Morgan fingerprint density at radius 1 is 1.47 bits per heavy atom. The molecule has 0 bridgehead atoms. The van der Waals surface area contributed by atoms with Crippen LogP contribution in [-0.2, 0) is 9.53 Å². The summed E-state index contributed by atoms with van der Waals surface area (Å²) in [5.41, 5.74) is 5.05. The summed E-state index contributed by atoms with van der Waals surface area (Å²) in [7, 11) is 1.63. The Bertz CT molecular complexity index is 299. The molecule has 7 nitrogen and oxygen atoms in total. The van der Waals surface area contributed by atoms with Gasteiger partial charge in [0.25, 0.3) is 0 Å². The lowest BCUT2D eigenvalue weighted by atomic mass is 9.98. The Morgan fingerprint density at radius 3 is 2.95 bits per heavy atom. The summed E-state index contributed by atoms with van der Waals surface area (Å²) in [4.78, 5) is 24.5. The van der Waals surface area contributed by atoms with Gasteiger partial charge >= 0.3 is 6.03 Å². The number of primary amides is 1. The highest BCUT2D eigenvalue weighted by molar-refractivity contribution is 5.78. The average molecular weight is 272 g/mol. The molecule has 1 unspecified atom stereocenters. The van der Waals surface area contributed by atoms with Crippen LogP contribution >= 0.6 is 0 Å². The van der Waals surface area contributed by atoms with Gasteiger partial charge in [0.1, 0.15) is 0 Å². The first-order valence-corrected chi connectivity index (χ1v) is 6.64. The van der Waals surface area contributed by atoms with E-state index in [1.54, 1.807) is 7.11 Å². The van der Waals surface area contributed by atoms with Gasteiger partial charge in [-0.25, -0.2) is 4.79 Å². The van der Waals surface area contributed by atoms with E-state index >= 15 is 0 Å². The monoisotopic (exact) mass is 272 g/mol. The molecule has 0 saturated carbocycles. The number of methoxy groups -OCH3 is 1. The van der Waals surface area contributed by atoms with Crippen LogP contribution in [0.1, 0.15) is 12.8 Å². The molecule has 1 heterocycles. The van der Waals surface area contributed by atoms with Crippen LogP contribution in [0.15, 0.2) is 0 Å². The fraction of sp³-hybridized carbons (Fsp3) is 0.833. The molecule has 0 aliphatic carbocycles. The molecular weight excluding hydrogens is 248 g/mol. The Balaban J connectivity index is 2.24. The third-order valence-corrected chi connectivity index (χ3v) is 3.20. The van der Waals surface area contributed by atoms with Gasteiger partial charge in [0.15, 0.2) is 0 Å². The van der Waals surface area contributed by atoms with Gasteiger partial charge in [0.05, 0.1) is 13.2 Å². The number of carbonyl (C=O) groups is 2. The van der Waals surface area contributed by atoms with Crippen molar-refractivity contribution in [1.29, 1.82) is 0 Å². The number of likely N-dealkylation sites (tertiary alicyclic amines) is 1. The van der Waals surface area contributed by atoms with Gasteiger partial charge in [-0.3, -0.25) is 4.79 Å². The SMILES string of the molecule is COCCNCC(=O)N1CCCC(CNC(N)=O)C1.